The number of nitrogens with one attached hydrogen (secondary N) is 1. The molecule has 0 spiro atoms. The molecular formula is C17H23N3. The third-order valence-corrected chi connectivity index (χ3v) is 4.13. The lowest BCUT2D eigenvalue weighted by atomic mass is 9.93. The van der Waals surface area contributed by atoms with Crippen LogP contribution in [0, 0.1) is 0 Å². The summed E-state index contributed by atoms with van der Waals surface area (Å²) in [7, 11) is 0. The number of allylic oxidation sites excluding steroid dienone is 1. The lowest BCUT2D eigenvalue weighted by Crippen LogP contribution is -2.35. The van der Waals surface area contributed by atoms with E-state index in [4.69, 9.17) is 0 Å². The second-order valence-electron chi connectivity index (χ2n) is 5.52. The number of fused-ring (bicyclic) bond motifs is 1. The summed E-state index contributed by atoms with van der Waals surface area (Å²) in [4.78, 5) is 4.49. The maximum Gasteiger partial charge on any atom is 0.0958 e. The van der Waals surface area contributed by atoms with Gasteiger partial charge < -0.3 is 9.88 Å². The molecule has 1 unspecified atom stereocenters. The minimum absolute atomic E-state index is 0.443. The fourth-order valence-electron chi connectivity index (χ4n) is 3.09. The Kier molecular flexibility index (Phi) is 4.16. The fraction of sp³-hybridized carbons (Fsp3) is 0.471. The highest BCUT2D eigenvalue weighted by Crippen LogP contribution is 2.22. The van der Waals surface area contributed by atoms with Gasteiger partial charge in [-0.25, -0.2) is 4.98 Å². The van der Waals surface area contributed by atoms with Gasteiger partial charge in [0.15, 0.2) is 0 Å². The second-order valence-corrected chi connectivity index (χ2v) is 5.52. The highest BCUT2D eigenvalue weighted by atomic mass is 15.1. The predicted molar refractivity (Wildman–Crippen MR) is 83.7 cm³/mol. The van der Waals surface area contributed by atoms with Crippen molar-refractivity contribution < 1.29 is 0 Å². The third kappa shape index (κ3) is 2.78. The van der Waals surface area contributed by atoms with Crippen LogP contribution in [0.3, 0.4) is 0 Å². The average Bonchev–Trinajstić information content (AvgIpc) is 2.91. The van der Waals surface area contributed by atoms with Gasteiger partial charge in [-0.3, -0.25) is 0 Å². The number of aromatic nitrogens is 2. The Labute approximate surface area is 120 Å². The smallest absolute Gasteiger partial charge is 0.0958 e. The lowest BCUT2D eigenvalue weighted by molar-refractivity contribution is 0.487. The molecule has 0 saturated carbocycles. The molecule has 1 aromatic heterocycles. The van der Waals surface area contributed by atoms with Crippen molar-refractivity contribution in [1.82, 2.24) is 14.9 Å². The average molecular weight is 269 g/mol. The minimum Gasteiger partial charge on any atom is -0.329 e. The fourth-order valence-corrected chi connectivity index (χ4v) is 3.09. The molecule has 3 rings (SSSR count). The number of likely N-dealkylation sites (N-methyl/N-ethyl adjacent to an activating group) is 1. The van der Waals surface area contributed by atoms with E-state index in [-0.39, 0.29) is 0 Å². The van der Waals surface area contributed by atoms with Crippen LogP contribution in [-0.2, 0) is 6.54 Å². The molecule has 2 aromatic rings. The predicted octanol–water partition coefficient (Wildman–Crippen LogP) is 3.51. The van der Waals surface area contributed by atoms with Crippen molar-refractivity contribution in [3.05, 3.63) is 42.2 Å². The molecule has 1 aromatic carbocycles. The van der Waals surface area contributed by atoms with Crippen LogP contribution in [0.2, 0.25) is 0 Å². The van der Waals surface area contributed by atoms with Crippen LogP contribution in [0.25, 0.3) is 11.0 Å². The van der Waals surface area contributed by atoms with Crippen LogP contribution < -0.4 is 5.32 Å². The van der Waals surface area contributed by atoms with Crippen LogP contribution in [0.4, 0.5) is 0 Å². The molecule has 1 aliphatic carbocycles. The van der Waals surface area contributed by atoms with E-state index >= 15 is 0 Å². The Morgan fingerprint density at radius 3 is 3.00 bits per heavy atom. The van der Waals surface area contributed by atoms with E-state index in [1.807, 2.05) is 12.4 Å². The van der Waals surface area contributed by atoms with Gasteiger partial charge in [-0.15, -0.1) is 0 Å². The highest BCUT2D eigenvalue weighted by Gasteiger charge is 2.16. The van der Waals surface area contributed by atoms with Crippen LogP contribution in [0.1, 0.15) is 32.6 Å². The zero-order valence-electron chi connectivity index (χ0n) is 12.2. The Morgan fingerprint density at radius 2 is 2.20 bits per heavy atom. The zero-order valence-corrected chi connectivity index (χ0v) is 12.2. The summed E-state index contributed by atoms with van der Waals surface area (Å²) in [6.45, 7) is 4.16. The Morgan fingerprint density at radius 1 is 1.30 bits per heavy atom. The monoisotopic (exact) mass is 269 g/mol. The van der Waals surface area contributed by atoms with E-state index in [9.17, 15) is 0 Å². The number of nitrogens with zero attached hydrogens (tertiary/aromatic N) is 2. The molecule has 106 valence electrons. The van der Waals surface area contributed by atoms with Gasteiger partial charge in [-0.2, -0.15) is 0 Å². The molecule has 0 amide bonds. The van der Waals surface area contributed by atoms with Crippen LogP contribution >= 0.6 is 0 Å². The molecule has 1 aliphatic rings. The van der Waals surface area contributed by atoms with Gasteiger partial charge in [-0.05, 0) is 44.4 Å². The number of rotatable bonds is 5. The van der Waals surface area contributed by atoms with Gasteiger partial charge in [0.2, 0.25) is 0 Å². The molecule has 0 aliphatic heterocycles. The maximum absolute atomic E-state index is 4.49. The van der Waals surface area contributed by atoms with E-state index in [0.717, 1.165) is 18.6 Å². The van der Waals surface area contributed by atoms with Crippen molar-refractivity contribution in [3.8, 4) is 0 Å². The maximum atomic E-state index is 4.49. The molecule has 0 fully saturated rings. The van der Waals surface area contributed by atoms with Crippen molar-refractivity contribution in [2.24, 2.45) is 0 Å². The van der Waals surface area contributed by atoms with E-state index in [2.05, 4.69) is 46.1 Å². The van der Waals surface area contributed by atoms with Crippen molar-refractivity contribution in [3.63, 3.8) is 0 Å². The van der Waals surface area contributed by atoms with Gasteiger partial charge in [0.25, 0.3) is 0 Å². The molecule has 1 N–H and O–H groups in total. The van der Waals surface area contributed by atoms with E-state index in [1.165, 1.54) is 31.2 Å². The summed E-state index contributed by atoms with van der Waals surface area (Å²) in [5.74, 6) is 0. The molecule has 0 saturated heterocycles. The number of hydrogen-bond acceptors (Lipinski definition) is 2. The van der Waals surface area contributed by atoms with E-state index in [0.29, 0.717) is 6.04 Å². The molecule has 0 radical (unpaired) electrons. The van der Waals surface area contributed by atoms with Gasteiger partial charge in [0, 0.05) is 12.6 Å². The van der Waals surface area contributed by atoms with Gasteiger partial charge in [0.1, 0.15) is 0 Å². The number of para-hydroxylation sites is 2. The molecule has 1 atom stereocenters. The first-order chi connectivity index (χ1) is 9.88. The summed E-state index contributed by atoms with van der Waals surface area (Å²) in [6.07, 6.45) is 9.56. The standard InChI is InChI=1S/C17H23N3/c1-2-18-16(14-8-4-3-5-9-14)12-20-13-19-15-10-6-7-11-17(15)20/h6-8,10-11,13,16,18H,2-5,9,12H2,1H3. The zero-order chi connectivity index (χ0) is 13.8. The topological polar surface area (TPSA) is 29.9 Å². The molecular weight excluding hydrogens is 246 g/mol. The van der Waals surface area contributed by atoms with Gasteiger partial charge in [-0.1, -0.05) is 30.7 Å². The van der Waals surface area contributed by atoms with Crippen LogP contribution in [0.5, 0.6) is 0 Å². The molecule has 0 bridgehead atoms. The second kappa shape index (κ2) is 6.23. The van der Waals surface area contributed by atoms with Gasteiger partial charge >= 0.3 is 0 Å². The lowest BCUT2D eigenvalue weighted by Gasteiger charge is -2.24. The molecule has 3 nitrogen and oxygen atoms in total. The van der Waals surface area contributed by atoms with Crippen molar-refractivity contribution in [1.29, 1.82) is 0 Å². The minimum atomic E-state index is 0.443. The first kappa shape index (κ1) is 13.4. The largest absolute Gasteiger partial charge is 0.329 e. The highest BCUT2D eigenvalue weighted by molar-refractivity contribution is 5.74. The van der Waals surface area contributed by atoms with E-state index in [1.54, 1.807) is 5.57 Å². The van der Waals surface area contributed by atoms with Crippen molar-refractivity contribution >= 4 is 11.0 Å². The number of benzene rings is 1. The number of imidazole rings is 1. The van der Waals surface area contributed by atoms with Crippen LogP contribution in [0.15, 0.2) is 42.2 Å². The Bertz CT molecular complexity index is 597. The summed E-state index contributed by atoms with van der Waals surface area (Å²) >= 11 is 0. The molecule has 20 heavy (non-hydrogen) atoms. The third-order valence-electron chi connectivity index (χ3n) is 4.13. The Hall–Kier alpha value is -1.61. The molecule has 1 heterocycles. The first-order valence-corrected chi connectivity index (χ1v) is 7.70. The quantitative estimate of drug-likeness (QED) is 0.842. The van der Waals surface area contributed by atoms with Crippen LogP contribution in [-0.4, -0.2) is 22.1 Å². The molecule has 3 heteroatoms. The first-order valence-electron chi connectivity index (χ1n) is 7.70. The van der Waals surface area contributed by atoms with Crippen molar-refractivity contribution in [2.45, 2.75) is 45.2 Å². The van der Waals surface area contributed by atoms with Gasteiger partial charge in [0.05, 0.1) is 17.4 Å². The Balaban J connectivity index is 1.84. The SMILES string of the molecule is CCNC(Cn1cnc2ccccc21)C1=CCCCC1. The number of hydrogen-bond donors (Lipinski definition) is 1. The van der Waals surface area contributed by atoms with Crippen molar-refractivity contribution in [2.75, 3.05) is 6.54 Å². The summed E-state index contributed by atoms with van der Waals surface area (Å²) < 4.78 is 2.28. The van der Waals surface area contributed by atoms with E-state index < -0.39 is 0 Å². The summed E-state index contributed by atoms with van der Waals surface area (Å²) in [5.41, 5.74) is 3.89. The summed E-state index contributed by atoms with van der Waals surface area (Å²) in [6, 6.07) is 8.81. The summed E-state index contributed by atoms with van der Waals surface area (Å²) in [5, 5.41) is 3.64. The normalized spacial score (nSPS) is 17.1.